The summed E-state index contributed by atoms with van der Waals surface area (Å²) in [6.45, 7) is 11.0. The number of methoxy groups -OCH3 is 1. The predicted molar refractivity (Wildman–Crippen MR) is 114 cm³/mol. The smallest absolute Gasteiger partial charge is 0.161 e. The molecule has 8 nitrogen and oxygen atoms in total. The summed E-state index contributed by atoms with van der Waals surface area (Å²) < 4.78 is 13.4. The summed E-state index contributed by atoms with van der Waals surface area (Å²) in [4.78, 5) is 4.72. The van der Waals surface area contributed by atoms with Crippen LogP contribution in [0.3, 0.4) is 0 Å². The molecule has 0 spiro atoms. The lowest BCUT2D eigenvalue weighted by atomic mass is 10.1. The Bertz CT molecular complexity index is 868. The fourth-order valence-electron chi connectivity index (χ4n) is 4.62. The second-order valence-electron chi connectivity index (χ2n) is 8.45. The molecule has 0 aliphatic carbocycles. The van der Waals surface area contributed by atoms with Gasteiger partial charge in [0.2, 0.25) is 0 Å². The van der Waals surface area contributed by atoms with Gasteiger partial charge in [-0.05, 0) is 44.9 Å². The van der Waals surface area contributed by atoms with Crippen molar-refractivity contribution in [3.8, 4) is 11.5 Å². The van der Waals surface area contributed by atoms with Gasteiger partial charge < -0.3 is 19.1 Å². The Morgan fingerprint density at radius 3 is 2.77 bits per heavy atom. The first kappa shape index (κ1) is 21.1. The zero-order valence-electron chi connectivity index (χ0n) is 18.4. The number of fused-ring (bicyclic) bond motifs is 1. The molecule has 0 radical (unpaired) electrons. The van der Waals surface area contributed by atoms with Gasteiger partial charge in [-0.25, -0.2) is 0 Å². The summed E-state index contributed by atoms with van der Waals surface area (Å²) in [5.41, 5.74) is 1.19. The number of nitrogens with zero attached hydrogens (tertiary/aromatic N) is 5. The van der Waals surface area contributed by atoms with E-state index in [9.17, 15) is 5.11 Å². The molecule has 1 aromatic heterocycles. The number of benzene rings is 1. The van der Waals surface area contributed by atoms with Gasteiger partial charge >= 0.3 is 0 Å². The van der Waals surface area contributed by atoms with Crippen LogP contribution in [0.5, 0.6) is 11.5 Å². The molecular weight excluding hydrogens is 382 g/mol. The summed E-state index contributed by atoms with van der Waals surface area (Å²) in [6, 6.07) is 6.64. The predicted octanol–water partition coefficient (Wildman–Crippen LogP) is 2.22. The number of ether oxygens (including phenoxy) is 2. The Morgan fingerprint density at radius 1 is 1.20 bits per heavy atom. The van der Waals surface area contributed by atoms with Crippen LogP contribution in [0.1, 0.15) is 50.4 Å². The molecule has 8 heteroatoms. The summed E-state index contributed by atoms with van der Waals surface area (Å²) >= 11 is 0. The maximum absolute atomic E-state index is 10.2. The molecule has 1 fully saturated rings. The van der Waals surface area contributed by atoms with E-state index in [0.29, 0.717) is 19.2 Å². The lowest BCUT2D eigenvalue weighted by molar-refractivity contribution is 0.155. The van der Waals surface area contributed by atoms with Gasteiger partial charge in [-0.2, -0.15) is 0 Å². The SMILES string of the molecule is CCOc1ccc(CN2CCn3c(nnc3[C@@H]3C[C@H](O)CN3C(C)C)C2)cc1OC. The monoisotopic (exact) mass is 415 g/mol. The molecule has 0 amide bonds. The van der Waals surface area contributed by atoms with Gasteiger partial charge in [-0.1, -0.05) is 6.07 Å². The topological polar surface area (TPSA) is 75.9 Å². The van der Waals surface area contributed by atoms with Crippen LogP contribution in [0.15, 0.2) is 18.2 Å². The van der Waals surface area contributed by atoms with Crippen molar-refractivity contribution in [2.45, 2.75) is 65.0 Å². The van der Waals surface area contributed by atoms with Gasteiger partial charge in [-0.15, -0.1) is 10.2 Å². The molecule has 0 saturated carbocycles. The van der Waals surface area contributed by atoms with E-state index in [-0.39, 0.29) is 12.1 Å². The molecule has 4 rings (SSSR count). The lowest BCUT2D eigenvalue weighted by Gasteiger charge is -2.31. The minimum absolute atomic E-state index is 0.142. The van der Waals surface area contributed by atoms with Crippen LogP contribution >= 0.6 is 0 Å². The van der Waals surface area contributed by atoms with Crippen LogP contribution < -0.4 is 9.47 Å². The molecule has 2 aliphatic heterocycles. The first-order valence-corrected chi connectivity index (χ1v) is 10.9. The van der Waals surface area contributed by atoms with Crippen molar-refractivity contribution in [1.82, 2.24) is 24.6 Å². The third-order valence-electron chi connectivity index (χ3n) is 6.07. The minimum atomic E-state index is -0.292. The number of likely N-dealkylation sites (tertiary alicyclic amines) is 1. The third kappa shape index (κ3) is 4.17. The highest BCUT2D eigenvalue weighted by Crippen LogP contribution is 2.34. The van der Waals surface area contributed by atoms with Crippen LogP contribution in [0, 0.1) is 0 Å². The maximum atomic E-state index is 10.2. The standard InChI is InChI=1S/C22H33N5O3/c1-5-30-19-7-6-16(10-20(19)29-4)12-25-8-9-26-21(14-25)23-24-22(26)18-11-17(28)13-27(18)15(2)3/h6-7,10,15,17-18,28H,5,8-9,11-14H2,1-4H3/t17-,18-/m0/s1. The van der Waals surface area contributed by atoms with E-state index in [2.05, 4.69) is 50.5 Å². The van der Waals surface area contributed by atoms with Crippen molar-refractivity contribution in [2.24, 2.45) is 0 Å². The summed E-state index contributed by atoms with van der Waals surface area (Å²) in [5, 5.41) is 19.2. The van der Waals surface area contributed by atoms with Gasteiger partial charge in [0.05, 0.1) is 32.4 Å². The van der Waals surface area contributed by atoms with Crippen LogP contribution in [-0.2, 0) is 19.6 Å². The van der Waals surface area contributed by atoms with Gasteiger partial charge in [0.25, 0.3) is 0 Å². The van der Waals surface area contributed by atoms with Crippen molar-refractivity contribution in [3.63, 3.8) is 0 Å². The Labute approximate surface area is 178 Å². The normalized spacial score (nSPS) is 22.5. The first-order chi connectivity index (χ1) is 14.5. The largest absolute Gasteiger partial charge is 0.493 e. The fourth-order valence-corrected chi connectivity index (χ4v) is 4.62. The van der Waals surface area contributed by atoms with Gasteiger partial charge in [0.15, 0.2) is 17.3 Å². The number of hydrogen-bond acceptors (Lipinski definition) is 7. The molecule has 1 aromatic carbocycles. The number of aromatic nitrogens is 3. The van der Waals surface area contributed by atoms with Crippen LogP contribution in [0.4, 0.5) is 0 Å². The van der Waals surface area contributed by atoms with Crippen molar-refractivity contribution in [1.29, 1.82) is 0 Å². The molecule has 1 saturated heterocycles. The molecule has 3 heterocycles. The number of β-amino-alcohol motifs (C(OH)–C–C–N with tert-alkyl or cyclic N) is 1. The fraction of sp³-hybridized carbons (Fsp3) is 0.636. The summed E-state index contributed by atoms with van der Waals surface area (Å²) in [7, 11) is 1.67. The molecule has 2 aliphatic rings. The average Bonchev–Trinajstić information content (AvgIpc) is 3.32. The Hall–Kier alpha value is -2.16. The molecule has 0 unspecified atom stereocenters. The van der Waals surface area contributed by atoms with Gasteiger partial charge in [0, 0.05) is 32.2 Å². The molecule has 2 aromatic rings. The average molecular weight is 416 g/mol. The van der Waals surface area contributed by atoms with Gasteiger partial charge in [0.1, 0.15) is 5.82 Å². The Kier molecular flexibility index (Phi) is 6.26. The van der Waals surface area contributed by atoms with E-state index in [1.54, 1.807) is 7.11 Å². The quantitative estimate of drug-likeness (QED) is 0.743. The third-order valence-corrected chi connectivity index (χ3v) is 6.07. The lowest BCUT2D eigenvalue weighted by Crippen LogP contribution is -2.36. The van der Waals surface area contributed by atoms with Crippen molar-refractivity contribution in [2.75, 3.05) is 26.8 Å². The van der Waals surface area contributed by atoms with E-state index >= 15 is 0 Å². The van der Waals surface area contributed by atoms with Gasteiger partial charge in [-0.3, -0.25) is 9.80 Å². The molecular formula is C22H33N5O3. The van der Waals surface area contributed by atoms with E-state index in [1.165, 1.54) is 5.56 Å². The van der Waals surface area contributed by atoms with Crippen LogP contribution in [-0.4, -0.2) is 68.6 Å². The summed E-state index contributed by atoms with van der Waals surface area (Å²) in [5.74, 6) is 3.54. The number of rotatable bonds is 7. The van der Waals surface area contributed by atoms with Crippen LogP contribution in [0.2, 0.25) is 0 Å². The van der Waals surface area contributed by atoms with Crippen molar-refractivity contribution >= 4 is 0 Å². The van der Waals surface area contributed by atoms with Crippen molar-refractivity contribution < 1.29 is 14.6 Å². The van der Waals surface area contributed by atoms with E-state index < -0.39 is 0 Å². The number of aliphatic hydroxyl groups excluding tert-OH is 1. The second kappa shape index (κ2) is 8.91. The van der Waals surface area contributed by atoms with Crippen LogP contribution in [0.25, 0.3) is 0 Å². The highest BCUT2D eigenvalue weighted by Gasteiger charge is 2.37. The van der Waals surface area contributed by atoms with E-state index in [1.807, 2.05) is 13.0 Å². The number of hydrogen-bond donors (Lipinski definition) is 1. The first-order valence-electron chi connectivity index (χ1n) is 10.9. The zero-order valence-corrected chi connectivity index (χ0v) is 18.4. The molecule has 0 bridgehead atoms. The van der Waals surface area contributed by atoms with E-state index in [0.717, 1.165) is 55.7 Å². The molecule has 2 atom stereocenters. The Morgan fingerprint density at radius 2 is 2.03 bits per heavy atom. The maximum Gasteiger partial charge on any atom is 0.161 e. The molecule has 1 N–H and O–H groups in total. The zero-order chi connectivity index (χ0) is 21.3. The highest BCUT2D eigenvalue weighted by atomic mass is 16.5. The Balaban J connectivity index is 1.47. The van der Waals surface area contributed by atoms with E-state index in [4.69, 9.17) is 9.47 Å². The number of aliphatic hydroxyl groups is 1. The minimum Gasteiger partial charge on any atom is -0.493 e. The molecule has 30 heavy (non-hydrogen) atoms. The second-order valence-corrected chi connectivity index (χ2v) is 8.45. The summed E-state index contributed by atoms with van der Waals surface area (Å²) in [6.07, 6.45) is 0.437. The molecule has 164 valence electrons. The van der Waals surface area contributed by atoms with Crippen molar-refractivity contribution in [3.05, 3.63) is 35.4 Å². The highest BCUT2D eigenvalue weighted by molar-refractivity contribution is 5.43.